The molecular formula is C44H27N3. The van der Waals surface area contributed by atoms with E-state index in [0.29, 0.717) is 0 Å². The topological polar surface area (TPSA) is 14.3 Å². The van der Waals surface area contributed by atoms with Gasteiger partial charge in [-0.2, -0.15) is 0 Å². The molecule has 11 rings (SSSR count). The quantitative estimate of drug-likeness (QED) is 0.188. The number of hydrogen-bond acceptors (Lipinski definition) is 0. The predicted octanol–water partition coefficient (Wildman–Crippen LogP) is 11.6. The molecule has 47 heavy (non-hydrogen) atoms. The summed E-state index contributed by atoms with van der Waals surface area (Å²) in [6.07, 6.45) is 0. The first-order chi connectivity index (χ1) is 23.3. The zero-order valence-electron chi connectivity index (χ0n) is 25.4. The molecule has 0 unspecified atom stereocenters. The molecule has 0 saturated heterocycles. The Morgan fingerprint density at radius 1 is 0.298 bits per heavy atom. The lowest BCUT2D eigenvalue weighted by atomic mass is 10.0. The van der Waals surface area contributed by atoms with Gasteiger partial charge in [-0.25, -0.2) is 0 Å². The smallest absolute Gasteiger partial charge is 0.0703 e. The molecule has 0 amide bonds. The van der Waals surface area contributed by atoms with Gasteiger partial charge in [-0.3, -0.25) is 0 Å². The summed E-state index contributed by atoms with van der Waals surface area (Å²) in [5.41, 5.74) is 10.8. The van der Waals surface area contributed by atoms with Crippen molar-refractivity contribution in [2.24, 2.45) is 0 Å². The van der Waals surface area contributed by atoms with Crippen LogP contribution < -0.4 is 0 Å². The number of para-hydroxylation sites is 4. The fraction of sp³-hybridized carbons (Fsp3) is 0. The van der Waals surface area contributed by atoms with Crippen molar-refractivity contribution >= 4 is 81.7 Å². The van der Waals surface area contributed by atoms with E-state index in [0.717, 1.165) is 11.2 Å². The van der Waals surface area contributed by atoms with Gasteiger partial charge >= 0.3 is 0 Å². The van der Waals surface area contributed by atoms with Gasteiger partial charge in [-0.1, -0.05) is 103 Å². The highest BCUT2D eigenvalue weighted by Gasteiger charge is 2.19. The normalized spacial score (nSPS) is 12.3. The SMILES string of the molecule is c1ccc2cc(-n3c4ccccc4c4cc(-n5c6cccc7ccc8c9ccccc9n(c9ccccc95)c8c76)ccc43)ccc2c1. The molecular weight excluding hydrogens is 571 g/mol. The number of rotatable bonds is 2. The summed E-state index contributed by atoms with van der Waals surface area (Å²) in [6, 6.07) is 60.1. The van der Waals surface area contributed by atoms with Gasteiger partial charge in [0.2, 0.25) is 0 Å². The molecule has 0 fully saturated rings. The van der Waals surface area contributed by atoms with E-state index in [4.69, 9.17) is 0 Å². The van der Waals surface area contributed by atoms with Crippen LogP contribution in [0, 0.1) is 0 Å². The predicted molar refractivity (Wildman–Crippen MR) is 199 cm³/mol. The van der Waals surface area contributed by atoms with Gasteiger partial charge in [0.25, 0.3) is 0 Å². The van der Waals surface area contributed by atoms with E-state index >= 15 is 0 Å². The molecule has 11 aromatic rings. The van der Waals surface area contributed by atoms with E-state index in [1.54, 1.807) is 0 Å². The van der Waals surface area contributed by atoms with Crippen LogP contribution >= 0.6 is 0 Å². The van der Waals surface area contributed by atoms with E-state index in [1.165, 1.54) is 81.9 Å². The van der Waals surface area contributed by atoms with Crippen LogP contribution in [-0.2, 0) is 0 Å². The van der Waals surface area contributed by atoms with Crippen LogP contribution in [0.2, 0.25) is 0 Å². The van der Waals surface area contributed by atoms with E-state index in [1.807, 2.05) is 0 Å². The monoisotopic (exact) mass is 597 g/mol. The maximum Gasteiger partial charge on any atom is 0.0703 e. The first-order valence-corrected chi connectivity index (χ1v) is 16.2. The third kappa shape index (κ3) is 3.30. The fourth-order valence-electron chi connectivity index (χ4n) is 8.19. The summed E-state index contributed by atoms with van der Waals surface area (Å²) in [4.78, 5) is 0. The molecule has 0 aliphatic rings. The highest BCUT2D eigenvalue weighted by Crippen LogP contribution is 2.41. The highest BCUT2D eigenvalue weighted by molar-refractivity contribution is 6.23. The minimum Gasteiger partial charge on any atom is -0.309 e. The van der Waals surface area contributed by atoms with Crippen LogP contribution in [0.3, 0.4) is 0 Å². The van der Waals surface area contributed by atoms with Crippen molar-refractivity contribution in [2.45, 2.75) is 0 Å². The standard InChI is InChI=1S/C44H27N3/c1-2-11-30-26-31(22-20-28(30)10-1)45-37-15-5-4-14-34(37)36-27-32(23-25-39(36)45)46-40-17-7-8-18-41(40)47-38-16-6-3-13-33(38)35-24-21-29-12-9-19-42(46)43(29)44(35)47/h1-27H. The summed E-state index contributed by atoms with van der Waals surface area (Å²) in [7, 11) is 0. The average Bonchev–Trinajstić information content (AvgIpc) is 3.60. The third-order valence-electron chi connectivity index (χ3n) is 10.2. The van der Waals surface area contributed by atoms with Crippen molar-refractivity contribution in [1.29, 1.82) is 0 Å². The molecule has 0 bridgehead atoms. The molecule has 3 aromatic heterocycles. The maximum atomic E-state index is 2.48. The van der Waals surface area contributed by atoms with Gasteiger partial charge in [-0.15, -0.1) is 0 Å². The summed E-state index contributed by atoms with van der Waals surface area (Å²) in [5.74, 6) is 0. The lowest BCUT2D eigenvalue weighted by Gasteiger charge is -2.14. The van der Waals surface area contributed by atoms with Crippen molar-refractivity contribution in [3.8, 4) is 11.4 Å². The Hall–Kier alpha value is -6.32. The summed E-state index contributed by atoms with van der Waals surface area (Å²) in [5, 5.41) is 10.1. The minimum absolute atomic E-state index is 1.14. The lowest BCUT2D eigenvalue weighted by molar-refractivity contribution is 1.16. The van der Waals surface area contributed by atoms with E-state index in [9.17, 15) is 0 Å². The molecule has 0 N–H and O–H groups in total. The Morgan fingerprint density at radius 3 is 1.74 bits per heavy atom. The van der Waals surface area contributed by atoms with Crippen LogP contribution in [0.25, 0.3) is 93.1 Å². The van der Waals surface area contributed by atoms with Gasteiger partial charge in [0, 0.05) is 38.3 Å². The molecule has 0 aliphatic carbocycles. The van der Waals surface area contributed by atoms with Crippen molar-refractivity contribution in [1.82, 2.24) is 13.5 Å². The second-order valence-electron chi connectivity index (χ2n) is 12.6. The second kappa shape index (κ2) is 9.12. The van der Waals surface area contributed by atoms with Crippen molar-refractivity contribution in [2.75, 3.05) is 0 Å². The van der Waals surface area contributed by atoms with Crippen LogP contribution in [-0.4, -0.2) is 13.5 Å². The number of hydrogen-bond donors (Lipinski definition) is 0. The molecule has 0 saturated carbocycles. The molecule has 0 atom stereocenters. The summed E-state index contributed by atoms with van der Waals surface area (Å²) < 4.78 is 7.37. The molecule has 8 aromatic carbocycles. The number of aromatic nitrogens is 3. The zero-order valence-corrected chi connectivity index (χ0v) is 25.4. The maximum absolute atomic E-state index is 2.48. The van der Waals surface area contributed by atoms with Crippen LogP contribution in [0.4, 0.5) is 0 Å². The Kier molecular flexibility index (Phi) is 4.84. The Balaban J connectivity index is 1.29. The molecule has 3 heteroatoms. The van der Waals surface area contributed by atoms with Crippen LogP contribution in [0.5, 0.6) is 0 Å². The first kappa shape index (κ1) is 24.9. The molecule has 0 aliphatic heterocycles. The van der Waals surface area contributed by atoms with Crippen molar-refractivity contribution in [3.05, 3.63) is 164 Å². The average molecular weight is 598 g/mol. The number of nitrogens with zero attached hydrogens (tertiary/aromatic N) is 3. The van der Waals surface area contributed by atoms with Gasteiger partial charge in [0.15, 0.2) is 0 Å². The molecule has 3 heterocycles. The molecule has 0 radical (unpaired) electrons. The van der Waals surface area contributed by atoms with Gasteiger partial charge < -0.3 is 13.5 Å². The van der Waals surface area contributed by atoms with Gasteiger partial charge in [0.1, 0.15) is 0 Å². The van der Waals surface area contributed by atoms with Gasteiger partial charge in [0.05, 0.1) is 38.6 Å². The molecule has 0 spiro atoms. The van der Waals surface area contributed by atoms with Gasteiger partial charge in [-0.05, 0) is 76.8 Å². The van der Waals surface area contributed by atoms with E-state index in [2.05, 4.69) is 177 Å². The Labute approximate surface area is 269 Å². The number of fused-ring (bicyclic) bond motifs is 9. The lowest BCUT2D eigenvalue weighted by Crippen LogP contribution is -1.98. The van der Waals surface area contributed by atoms with Crippen LogP contribution in [0.1, 0.15) is 0 Å². The highest BCUT2D eigenvalue weighted by atomic mass is 15.0. The Bertz CT molecular complexity index is 3060. The largest absolute Gasteiger partial charge is 0.309 e. The summed E-state index contributed by atoms with van der Waals surface area (Å²) in [6.45, 7) is 0. The van der Waals surface area contributed by atoms with E-state index < -0.39 is 0 Å². The fourth-order valence-corrected chi connectivity index (χ4v) is 8.19. The molecule has 3 nitrogen and oxygen atoms in total. The zero-order chi connectivity index (χ0) is 30.6. The Morgan fingerprint density at radius 2 is 0.872 bits per heavy atom. The molecule has 218 valence electrons. The van der Waals surface area contributed by atoms with Crippen molar-refractivity contribution < 1.29 is 0 Å². The minimum atomic E-state index is 1.14. The second-order valence-corrected chi connectivity index (χ2v) is 12.6. The summed E-state index contributed by atoms with van der Waals surface area (Å²) >= 11 is 0. The number of benzene rings is 8. The first-order valence-electron chi connectivity index (χ1n) is 16.2. The van der Waals surface area contributed by atoms with Crippen molar-refractivity contribution in [3.63, 3.8) is 0 Å². The van der Waals surface area contributed by atoms with Crippen LogP contribution in [0.15, 0.2) is 164 Å². The van der Waals surface area contributed by atoms with E-state index in [-0.39, 0.29) is 0 Å². The third-order valence-corrected chi connectivity index (χ3v) is 10.2.